The molecule has 32 heavy (non-hydrogen) atoms. The van der Waals surface area contributed by atoms with Gasteiger partial charge in [-0.1, -0.05) is 50.1 Å². The highest BCUT2D eigenvalue weighted by Crippen LogP contribution is 2.31. The van der Waals surface area contributed by atoms with Crippen LogP contribution in [0.2, 0.25) is 0 Å². The maximum atomic E-state index is 13.6. The van der Waals surface area contributed by atoms with Gasteiger partial charge in [-0.2, -0.15) is 0 Å². The number of hydrogen-bond acceptors (Lipinski definition) is 4. The summed E-state index contributed by atoms with van der Waals surface area (Å²) in [7, 11) is 0. The van der Waals surface area contributed by atoms with Crippen molar-refractivity contribution in [3.8, 4) is 5.69 Å². The van der Waals surface area contributed by atoms with Crippen molar-refractivity contribution in [1.82, 2.24) is 14.5 Å². The van der Waals surface area contributed by atoms with Crippen molar-refractivity contribution in [3.05, 3.63) is 74.9 Å². The second-order valence-corrected chi connectivity index (χ2v) is 9.41. The van der Waals surface area contributed by atoms with Crippen LogP contribution in [-0.2, 0) is 17.8 Å². The molecule has 1 saturated carbocycles. The minimum atomic E-state index is -0.489. The summed E-state index contributed by atoms with van der Waals surface area (Å²) in [5, 5.41) is 3.89. The largest absolute Gasteiger partial charge is 0.352 e. The van der Waals surface area contributed by atoms with Gasteiger partial charge < -0.3 is 5.32 Å². The number of nitrogens with zero attached hydrogens (tertiary/aromatic N) is 2. The Hall–Kier alpha value is -3.19. The van der Waals surface area contributed by atoms with Crippen molar-refractivity contribution in [3.63, 3.8) is 0 Å². The predicted molar refractivity (Wildman–Crippen MR) is 129 cm³/mol. The summed E-state index contributed by atoms with van der Waals surface area (Å²) in [6.07, 6.45) is 5.05. The minimum Gasteiger partial charge on any atom is -0.352 e. The first kappa shape index (κ1) is 20.7. The smallest absolute Gasteiger partial charge is 0.336 e. The molecule has 2 heterocycles. The molecule has 7 heteroatoms. The van der Waals surface area contributed by atoms with Gasteiger partial charge in [0.15, 0.2) is 0 Å². The van der Waals surface area contributed by atoms with Gasteiger partial charge in [0.05, 0.1) is 11.2 Å². The molecule has 5 rings (SSSR count). The molecule has 0 spiro atoms. The van der Waals surface area contributed by atoms with Gasteiger partial charge in [0.2, 0.25) is 5.91 Å². The standard InChI is InChI=1S/C25H25N3O3S/c1-2-16-11-13-18(14-12-16)28-24(30)23-22(19-9-5-6-10-20(19)32-23)27(25(28)31)15-21(29)26-17-7-3-4-8-17/h5-6,9-14,17H,2-4,7-8,15H2,1H3,(H,26,29). The number of carbonyl (C=O) groups excluding carboxylic acids is 1. The summed E-state index contributed by atoms with van der Waals surface area (Å²) >= 11 is 1.36. The van der Waals surface area contributed by atoms with Gasteiger partial charge in [0, 0.05) is 16.1 Å². The Morgan fingerprint density at radius 3 is 2.50 bits per heavy atom. The molecule has 1 amide bonds. The predicted octanol–water partition coefficient (Wildman–Crippen LogP) is 3.99. The highest BCUT2D eigenvalue weighted by atomic mass is 32.1. The number of fused-ring (bicyclic) bond motifs is 3. The fourth-order valence-electron chi connectivity index (χ4n) is 4.59. The summed E-state index contributed by atoms with van der Waals surface area (Å²) in [6.45, 7) is 1.94. The molecule has 2 aromatic heterocycles. The van der Waals surface area contributed by atoms with Crippen molar-refractivity contribution in [2.45, 2.75) is 51.6 Å². The van der Waals surface area contributed by atoms with Crippen LogP contribution in [0.25, 0.3) is 26.0 Å². The third kappa shape index (κ3) is 3.56. The fraction of sp³-hybridized carbons (Fsp3) is 0.320. The molecule has 1 aliphatic carbocycles. The van der Waals surface area contributed by atoms with Gasteiger partial charge in [-0.15, -0.1) is 11.3 Å². The van der Waals surface area contributed by atoms with E-state index in [9.17, 15) is 14.4 Å². The van der Waals surface area contributed by atoms with E-state index in [-0.39, 0.29) is 24.1 Å². The first-order valence-electron chi connectivity index (χ1n) is 11.1. The molecule has 0 unspecified atom stereocenters. The number of thiophene rings is 1. The van der Waals surface area contributed by atoms with Gasteiger partial charge in [-0.25, -0.2) is 9.36 Å². The normalized spacial score (nSPS) is 14.4. The van der Waals surface area contributed by atoms with E-state index in [4.69, 9.17) is 0 Å². The zero-order valence-corrected chi connectivity index (χ0v) is 18.8. The molecule has 2 aromatic carbocycles. The monoisotopic (exact) mass is 447 g/mol. The van der Waals surface area contributed by atoms with Crippen molar-refractivity contribution in [2.24, 2.45) is 0 Å². The van der Waals surface area contributed by atoms with Gasteiger partial charge >= 0.3 is 5.69 Å². The number of hydrogen-bond donors (Lipinski definition) is 1. The summed E-state index contributed by atoms with van der Waals surface area (Å²) in [6, 6.07) is 15.2. The Labute approximate surface area is 189 Å². The van der Waals surface area contributed by atoms with E-state index in [2.05, 4.69) is 12.2 Å². The molecule has 4 aromatic rings. The number of carbonyl (C=O) groups is 1. The number of nitrogens with one attached hydrogen (secondary N) is 1. The number of aromatic nitrogens is 2. The minimum absolute atomic E-state index is 0.111. The maximum Gasteiger partial charge on any atom is 0.336 e. The van der Waals surface area contributed by atoms with Crippen LogP contribution < -0.4 is 16.6 Å². The van der Waals surface area contributed by atoms with E-state index < -0.39 is 5.69 Å². The van der Waals surface area contributed by atoms with E-state index >= 15 is 0 Å². The molecule has 1 N–H and O–H groups in total. The molecular formula is C25H25N3O3S. The number of benzene rings is 2. The SMILES string of the molecule is CCc1ccc(-n2c(=O)c3sc4ccccc4c3n(CC(=O)NC3CCCC3)c2=O)cc1. The van der Waals surface area contributed by atoms with Crippen LogP contribution in [-0.4, -0.2) is 21.1 Å². The molecule has 0 aliphatic heterocycles. The van der Waals surface area contributed by atoms with Crippen LogP contribution in [0, 0.1) is 0 Å². The Bertz CT molecular complexity index is 1420. The molecule has 1 aliphatic rings. The van der Waals surface area contributed by atoms with Crippen molar-refractivity contribution in [2.75, 3.05) is 0 Å². The van der Waals surface area contributed by atoms with E-state index in [1.165, 1.54) is 20.5 Å². The third-order valence-electron chi connectivity index (χ3n) is 6.28. The second-order valence-electron chi connectivity index (χ2n) is 8.35. The highest BCUT2D eigenvalue weighted by molar-refractivity contribution is 7.25. The molecule has 1 fully saturated rings. The first-order chi connectivity index (χ1) is 15.6. The van der Waals surface area contributed by atoms with Crippen LogP contribution in [0.1, 0.15) is 38.2 Å². The first-order valence-corrected chi connectivity index (χ1v) is 11.9. The summed E-state index contributed by atoms with van der Waals surface area (Å²) in [5.41, 5.74) is 1.35. The van der Waals surface area contributed by atoms with Crippen molar-refractivity contribution in [1.29, 1.82) is 0 Å². The van der Waals surface area contributed by atoms with E-state index in [1.807, 2.05) is 36.4 Å². The van der Waals surface area contributed by atoms with Crippen molar-refractivity contribution >= 4 is 37.5 Å². The third-order valence-corrected chi connectivity index (χ3v) is 7.43. The molecule has 0 saturated heterocycles. The van der Waals surface area contributed by atoms with E-state index in [0.717, 1.165) is 47.8 Å². The van der Waals surface area contributed by atoms with Gasteiger partial charge in [-0.05, 0) is 43.0 Å². The fourth-order valence-corrected chi connectivity index (χ4v) is 5.73. The zero-order chi connectivity index (χ0) is 22.2. The van der Waals surface area contributed by atoms with Crippen LogP contribution in [0.15, 0.2) is 58.1 Å². The quantitative estimate of drug-likeness (QED) is 0.503. The van der Waals surface area contributed by atoms with Gasteiger partial charge in [0.1, 0.15) is 11.2 Å². The lowest BCUT2D eigenvalue weighted by Crippen LogP contribution is -2.43. The van der Waals surface area contributed by atoms with Crippen LogP contribution >= 0.6 is 11.3 Å². The second kappa shape index (κ2) is 8.39. The lowest BCUT2D eigenvalue weighted by molar-refractivity contribution is -0.122. The zero-order valence-electron chi connectivity index (χ0n) is 18.0. The maximum absolute atomic E-state index is 13.6. The highest BCUT2D eigenvalue weighted by Gasteiger charge is 2.22. The lowest BCUT2D eigenvalue weighted by atomic mass is 10.1. The number of rotatable bonds is 5. The Morgan fingerprint density at radius 2 is 1.78 bits per heavy atom. The van der Waals surface area contributed by atoms with E-state index in [1.54, 1.807) is 12.1 Å². The average molecular weight is 448 g/mol. The summed E-state index contributed by atoms with van der Waals surface area (Å²) in [5.74, 6) is -0.192. The Kier molecular flexibility index (Phi) is 5.43. The number of aryl methyl sites for hydroxylation is 1. The van der Waals surface area contributed by atoms with Crippen molar-refractivity contribution < 1.29 is 4.79 Å². The van der Waals surface area contributed by atoms with Gasteiger partial charge in [0.25, 0.3) is 5.56 Å². The Morgan fingerprint density at radius 1 is 1.06 bits per heavy atom. The molecule has 0 radical (unpaired) electrons. The average Bonchev–Trinajstić information content (AvgIpc) is 3.45. The number of amides is 1. The van der Waals surface area contributed by atoms with Crippen LogP contribution in [0.5, 0.6) is 0 Å². The molecule has 6 nitrogen and oxygen atoms in total. The molecule has 0 bridgehead atoms. The summed E-state index contributed by atoms with van der Waals surface area (Å²) in [4.78, 5) is 40.0. The van der Waals surface area contributed by atoms with Gasteiger partial charge in [-0.3, -0.25) is 14.2 Å². The summed E-state index contributed by atoms with van der Waals surface area (Å²) < 4.78 is 4.06. The molecule has 0 atom stereocenters. The topological polar surface area (TPSA) is 73.1 Å². The lowest BCUT2D eigenvalue weighted by Gasteiger charge is -2.15. The molecular weight excluding hydrogens is 422 g/mol. The molecule has 164 valence electrons. The van der Waals surface area contributed by atoms with Crippen LogP contribution in [0.3, 0.4) is 0 Å². The Balaban J connectivity index is 1.71. The van der Waals surface area contributed by atoms with E-state index in [0.29, 0.717) is 15.9 Å². The van der Waals surface area contributed by atoms with Crippen LogP contribution in [0.4, 0.5) is 0 Å².